The van der Waals surface area contributed by atoms with Crippen molar-refractivity contribution in [3.05, 3.63) is 270 Å². The number of amides is 5. The molecule has 4 fully saturated rings. The van der Waals surface area contributed by atoms with Crippen molar-refractivity contribution < 1.29 is 43.0 Å². The first kappa shape index (κ1) is 96.4. The maximum absolute atomic E-state index is 13.2. The van der Waals surface area contributed by atoms with E-state index in [4.69, 9.17) is 26.0 Å². The number of unbranched alkanes of at least 4 members (excludes halogenated alkanes) is 9. The summed E-state index contributed by atoms with van der Waals surface area (Å²) < 4.78 is 21.6. The number of carbonyl (C=O) groups is 7. The van der Waals surface area contributed by atoms with Crippen LogP contribution >= 0.6 is 0 Å². The molecule has 0 radical (unpaired) electrons. The molecule has 134 heavy (non-hydrogen) atoms. The van der Waals surface area contributed by atoms with Gasteiger partial charge in [0.15, 0.2) is 28.6 Å². The Hall–Kier alpha value is -13.6. The number of esters is 2. The minimum Gasteiger partial charge on any atom is -0.421 e. The number of hydrogen-bond acceptors (Lipinski definition) is 14. The van der Waals surface area contributed by atoms with Crippen LogP contribution in [0.25, 0.3) is 76.3 Å². The van der Waals surface area contributed by atoms with Gasteiger partial charge in [-0.05, 0) is 160 Å². The third kappa shape index (κ3) is 23.3. The van der Waals surface area contributed by atoms with Gasteiger partial charge in [-0.1, -0.05) is 277 Å². The minimum atomic E-state index is -0.760. The molecule has 4 bridgehead atoms. The summed E-state index contributed by atoms with van der Waals surface area (Å²) in [6, 6.07) is 65.4. The van der Waals surface area contributed by atoms with E-state index in [0.717, 1.165) is 147 Å². The zero-order chi connectivity index (χ0) is 94.5. The van der Waals surface area contributed by atoms with Gasteiger partial charge in [-0.2, -0.15) is 15.3 Å². The number of nitrogens with one attached hydrogen (secondary N) is 3. The molecule has 8 aromatic carbocycles. The van der Waals surface area contributed by atoms with E-state index in [9.17, 15) is 33.6 Å². The van der Waals surface area contributed by atoms with Crippen molar-refractivity contribution in [3.8, 4) is 11.5 Å². The molecule has 4 saturated carbocycles. The second-order valence-corrected chi connectivity index (χ2v) is 37.5. The van der Waals surface area contributed by atoms with Gasteiger partial charge < -0.3 is 46.0 Å². The van der Waals surface area contributed by atoms with Crippen molar-refractivity contribution in [1.82, 2.24) is 64.4 Å². The zero-order valence-electron chi connectivity index (χ0n) is 79.1. The lowest BCUT2D eigenvalue weighted by molar-refractivity contribution is -0.122. The number of hydrogen-bond donors (Lipinski definition) is 5. The number of carbonyl (C=O) groups excluding carboxylic acids is 7. The third-order valence-electron chi connectivity index (χ3n) is 26.1. The number of nitrogens with zero attached hydrogens (tertiary/aromatic N) is 10. The fraction of sp³-hybridized carbons (Fsp3) is 0.382. The van der Waals surface area contributed by atoms with Crippen molar-refractivity contribution in [2.24, 2.45) is 46.5 Å². The second kappa shape index (κ2) is 45.2. The van der Waals surface area contributed by atoms with Gasteiger partial charge in [0.25, 0.3) is 17.7 Å². The summed E-state index contributed by atoms with van der Waals surface area (Å²) in [4.78, 5) is 96.8. The van der Waals surface area contributed by atoms with Crippen LogP contribution in [0.5, 0.6) is 11.5 Å². The number of pyridine rings is 2. The molecular formula is C110H129N15O9. The Morgan fingerprint density at radius 2 is 0.806 bits per heavy atom. The number of nitrogens with two attached hydrogens (primary N) is 2. The summed E-state index contributed by atoms with van der Waals surface area (Å²) in [7, 11) is 0. The summed E-state index contributed by atoms with van der Waals surface area (Å²) in [5.74, 6) is 1.60. The largest absolute Gasteiger partial charge is 0.421 e. The Bertz CT molecular complexity index is 6570. The van der Waals surface area contributed by atoms with Crippen LogP contribution in [0, 0.1) is 41.9 Å². The van der Waals surface area contributed by atoms with Crippen LogP contribution in [-0.2, 0) is 42.3 Å². The van der Waals surface area contributed by atoms with Crippen LogP contribution in [0.1, 0.15) is 241 Å². The maximum atomic E-state index is 13.2. The number of ether oxygens (including phenoxy) is 2. The van der Waals surface area contributed by atoms with Crippen molar-refractivity contribution in [2.45, 2.75) is 236 Å². The van der Waals surface area contributed by atoms with Crippen LogP contribution in [0.15, 0.2) is 231 Å². The Morgan fingerprint density at radius 1 is 0.418 bits per heavy atom. The molecule has 15 aromatic rings. The summed E-state index contributed by atoms with van der Waals surface area (Å²) in [6.07, 6.45) is 28.9. The quantitative estimate of drug-likeness (QED) is 0.0149. The molecule has 0 spiro atoms. The number of primary amides is 2. The van der Waals surface area contributed by atoms with Crippen LogP contribution < -0.4 is 36.9 Å². The molecule has 24 heteroatoms. The molecule has 0 saturated heterocycles. The summed E-state index contributed by atoms with van der Waals surface area (Å²) in [5, 5.41) is 29.0. The predicted molar refractivity (Wildman–Crippen MR) is 533 cm³/mol. The van der Waals surface area contributed by atoms with Gasteiger partial charge in [-0.3, -0.25) is 48.0 Å². The number of para-hydroxylation sites is 7. The first-order valence-corrected chi connectivity index (χ1v) is 48.1. The Balaban J connectivity index is 0.000000134. The first-order valence-electron chi connectivity index (χ1n) is 48.1. The van der Waals surface area contributed by atoms with Crippen LogP contribution in [0.2, 0.25) is 0 Å². The topological polar surface area (TPSA) is 315 Å². The second-order valence-electron chi connectivity index (χ2n) is 37.5. The Labute approximate surface area is 784 Å². The molecule has 0 aliphatic heterocycles. The summed E-state index contributed by atoms with van der Waals surface area (Å²) >= 11 is 0. The fourth-order valence-electron chi connectivity index (χ4n) is 19.4. The number of fused-ring (bicyclic) bond motifs is 7. The molecule has 24 nitrogen and oxygen atoms in total. The highest BCUT2D eigenvalue weighted by Gasteiger charge is 2.49. The number of rotatable bonds is 32. The van der Waals surface area contributed by atoms with Gasteiger partial charge in [-0.25, -0.2) is 9.59 Å². The van der Waals surface area contributed by atoms with Crippen molar-refractivity contribution >= 4 is 118 Å². The van der Waals surface area contributed by atoms with E-state index in [1.807, 2.05) is 232 Å². The lowest BCUT2D eigenvalue weighted by atomic mass is 9.54. The summed E-state index contributed by atoms with van der Waals surface area (Å²) in [5.41, 5.74) is 21.5. The summed E-state index contributed by atoms with van der Waals surface area (Å²) in [6.45, 7) is 24.1. The monoisotopic (exact) mass is 1800 g/mol. The highest BCUT2D eigenvalue weighted by atomic mass is 16.5. The fourth-order valence-corrected chi connectivity index (χ4v) is 19.4. The number of benzene rings is 8. The third-order valence-corrected chi connectivity index (χ3v) is 26.1. The standard InChI is InChI=1S/C24H24N2O2.C23H31N3O.C23H22N2O2.C21H24N4O2.C19H28N4O2/c1-2-3-4-7-16-26-17-20(19-12-5-6-13-21(19)26)24(27)28-22-14-8-10-18-11-9-15-25-23(18)22;1-2-3-6-9-26-20-8-5-4-7-19(20)22(25-26)23(27)24-21-17-11-15-10-16(13-17)14-18(21)12-15;1-2-3-6-15-25-16-19(18-11-4-5-12-20(18)25)23(26)27-21-13-7-9-17-10-8-14-24-22(17)21;1-13(2)18(20(22)26)23-21(27)19-16-6-4-5-7-17(16)25(24-19)12-15-10-8-14(3)9-11-15;1-5-6-9-12-23-14-11-8-7-10-13(14)15(22-23)18(25)21-16(17(20)24)19(2,3)4/h5-6,8-15,17H,2-4,7,16H2,1H3;4-5,7-8,15-18,21H,2-3,6,9-14H2,1H3,(H,24,27);4-5,7-14,16H,2-3,6,15H2,1H3;4-11,13,18H,12H2,1-3H3,(H2,22,26)(H,23,27);7-8,10-11,16H,5-6,9,12H2,1-4H3,(H2,20,24)(H,21,25). The first-order chi connectivity index (χ1) is 64.9. The van der Waals surface area contributed by atoms with Gasteiger partial charge >= 0.3 is 11.9 Å². The smallest absolute Gasteiger partial charge is 0.345 e. The van der Waals surface area contributed by atoms with Gasteiger partial charge in [0, 0.05) is 106 Å². The highest BCUT2D eigenvalue weighted by Crippen LogP contribution is 2.54. The van der Waals surface area contributed by atoms with Crippen molar-refractivity contribution in [1.29, 1.82) is 0 Å². The van der Waals surface area contributed by atoms with E-state index in [0.29, 0.717) is 75.2 Å². The molecule has 5 amide bonds. The molecule has 7 aromatic heterocycles. The number of aryl methyl sites for hydroxylation is 5. The van der Waals surface area contributed by atoms with E-state index >= 15 is 0 Å². The minimum absolute atomic E-state index is 0.0397. The van der Waals surface area contributed by atoms with Gasteiger partial charge in [0.1, 0.15) is 23.1 Å². The highest BCUT2D eigenvalue weighted by molar-refractivity contribution is 6.10. The van der Waals surface area contributed by atoms with E-state index in [1.54, 1.807) is 24.5 Å². The van der Waals surface area contributed by atoms with E-state index in [2.05, 4.69) is 103 Å². The zero-order valence-corrected chi connectivity index (χ0v) is 79.1. The van der Waals surface area contributed by atoms with Gasteiger partial charge in [0.05, 0.1) is 34.2 Å². The lowest BCUT2D eigenvalue weighted by Gasteiger charge is -2.54. The van der Waals surface area contributed by atoms with E-state index < -0.39 is 35.2 Å². The van der Waals surface area contributed by atoms with Crippen LogP contribution in [-0.4, -0.2) is 108 Å². The predicted octanol–water partition coefficient (Wildman–Crippen LogP) is 21.9. The van der Waals surface area contributed by atoms with Crippen molar-refractivity contribution in [2.75, 3.05) is 0 Å². The molecule has 7 N–H and O–H groups in total. The lowest BCUT2D eigenvalue weighted by Crippen LogP contribution is -2.55. The van der Waals surface area contributed by atoms with E-state index in [1.165, 1.54) is 82.6 Å². The molecule has 19 rings (SSSR count). The molecule has 2 atom stereocenters. The molecule has 4 aliphatic carbocycles. The number of aromatic nitrogens is 10. The van der Waals surface area contributed by atoms with E-state index in [-0.39, 0.29) is 29.7 Å². The molecule has 7 heterocycles. The van der Waals surface area contributed by atoms with Crippen LogP contribution in [0.4, 0.5) is 0 Å². The van der Waals surface area contributed by atoms with Gasteiger partial charge in [-0.15, -0.1) is 0 Å². The molecule has 4 aliphatic rings. The van der Waals surface area contributed by atoms with Crippen LogP contribution in [0.3, 0.4) is 0 Å². The SMILES string of the molecule is CCCCCCn1cc(C(=O)Oc2cccc3cccnc23)c2ccccc21.CCCCCn1cc(C(=O)Oc2cccc3cccnc23)c2ccccc21.CCCCCn1nc(C(=O)NC(C(N)=O)C(C)(C)C)c2ccccc21.CCCCCn1nc(C(=O)NC2C3CC4CC(C3)CC2C4)c2ccccc21.Cc1ccc(Cn2nc(C(=O)NC(C(N)=O)C(C)C)c3ccccc32)cc1. The average molecular weight is 1810 g/mol. The average Bonchev–Trinajstić information content (AvgIpc) is 1.71. The molecule has 2 unspecified atom stereocenters. The molecule has 698 valence electrons. The van der Waals surface area contributed by atoms with Crippen molar-refractivity contribution in [3.63, 3.8) is 0 Å². The molecular weight excluding hydrogens is 1680 g/mol. The Morgan fingerprint density at radius 3 is 1.24 bits per heavy atom. The Kier molecular flexibility index (Phi) is 32.5. The normalized spacial score (nSPS) is 15.8. The maximum Gasteiger partial charge on any atom is 0.345 e. The van der Waals surface area contributed by atoms with Gasteiger partial charge in [0.2, 0.25) is 11.8 Å².